The molecule has 0 bridgehead atoms. The molecule has 5 atom stereocenters. The number of nitrogens with zero attached hydrogens (tertiary/aromatic N) is 1. The van der Waals surface area contributed by atoms with Gasteiger partial charge >= 0.3 is 19.7 Å². The number of rotatable bonds is 19. The number of hydrogen-bond donors (Lipinski definition) is 4. The Morgan fingerprint density at radius 3 is 2.20 bits per heavy atom. The maximum absolute atomic E-state index is 14.4. The molecule has 2 aromatic carbocycles. The predicted molar refractivity (Wildman–Crippen MR) is 187 cm³/mol. The van der Waals surface area contributed by atoms with E-state index < -0.39 is 55.4 Å². The lowest BCUT2D eigenvalue weighted by atomic mass is 9.84. The van der Waals surface area contributed by atoms with Gasteiger partial charge in [0.2, 0.25) is 11.8 Å². The highest BCUT2D eigenvalue weighted by atomic mass is 31.2. The Bertz CT molecular complexity index is 1520. The molecule has 0 spiro atoms. The maximum Gasteiger partial charge on any atom is 0.407 e. The first-order valence-corrected chi connectivity index (χ1v) is 19.1. The molecule has 51 heavy (non-hydrogen) atoms. The van der Waals surface area contributed by atoms with Gasteiger partial charge in [0.15, 0.2) is 0 Å². The summed E-state index contributed by atoms with van der Waals surface area (Å²) < 4.78 is 30.9. The van der Waals surface area contributed by atoms with Crippen molar-refractivity contribution in [2.45, 2.75) is 95.3 Å². The highest BCUT2D eigenvalue weighted by Crippen LogP contribution is 2.53. The minimum Gasteiger partial charge on any atom is -0.480 e. The zero-order valence-corrected chi connectivity index (χ0v) is 30.1. The Balaban J connectivity index is 1.42. The molecule has 1 aliphatic carbocycles. The molecule has 2 fully saturated rings. The lowest BCUT2D eigenvalue weighted by Gasteiger charge is -2.32. The first-order valence-electron chi connectivity index (χ1n) is 17.5. The largest absolute Gasteiger partial charge is 0.480 e. The second kappa shape index (κ2) is 19.4. The quantitative estimate of drug-likeness (QED) is 0.119. The second-order valence-corrected chi connectivity index (χ2v) is 15.2. The number of benzene rings is 2. The van der Waals surface area contributed by atoms with Crippen LogP contribution in [0, 0.1) is 5.92 Å². The van der Waals surface area contributed by atoms with Gasteiger partial charge in [-0.25, -0.2) is 9.59 Å². The summed E-state index contributed by atoms with van der Waals surface area (Å²) in [6.07, 6.45) is 2.45. The van der Waals surface area contributed by atoms with Crippen LogP contribution in [-0.4, -0.2) is 84.0 Å². The third kappa shape index (κ3) is 11.6. The van der Waals surface area contributed by atoms with Gasteiger partial charge < -0.3 is 35.2 Å². The number of hydrogen-bond acceptors (Lipinski definition) is 9. The SMILES string of the molecule is COP(=O)(OC(C)C(=O)N1CCC[C@H]1C(=O)O)[C@@H](Cc1ccccc1)NC(=O)[C@H](CCCCNC(=O)OCc1ccccc1)NC(=O)C1CCC1. The van der Waals surface area contributed by atoms with Crippen LogP contribution in [0.3, 0.4) is 0 Å². The van der Waals surface area contributed by atoms with E-state index in [1.165, 1.54) is 11.8 Å². The van der Waals surface area contributed by atoms with E-state index in [4.69, 9.17) is 13.8 Å². The van der Waals surface area contributed by atoms with Crippen molar-refractivity contribution in [2.75, 3.05) is 20.2 Å². The number of unbranched alkanes of at least 4 members (excludes halogenated alkanes) is 1. The van der Waals surface area contributed by atoms with Gasteiger partial charge in [0.05, 0.1) is 0 Å². The monoisotopic (exact) mass is 728 g/mol. The number of carbonyl (C=O) groups is 5. The first kappa shape index (κ1) is 39.5. The van der Waals surface area contributed by atoms with Crippen molar-refractivity contribution >= 4 is 37.4 Å². The minimum absolute atomic E-state index is 0.0123. The summed E-state index contributed by atoms with van der Waals surface area (Å²) in [6, 6.07) is 16.2. The number of carbonyl (C=O) groups excluding carboxylic acids is 4. The molecule has 0 radical (unpaired) electrons. The smallest absolute Gasteiger partial charge is 0.407 e. The molecule has 1 aliphatic heterocycles. The van der Waals surface area contributed by atoms with Crippen molar-refractivity contribution in [1.82, 2.24) is 20.9 Å². The molecular weight excluding hydrogens is 679 g/mol. The molecule has 0 aromatic heterocycles. The van der Waals surface area contributed by atoms with E-state index in [0.717, 1.165) is 31.9 Å². The number of carboxylic acids is 1. The van der Waals surface area contributed by atoms with Gasteiger partial charge in [0.1, 0.15) is 30.6 Å². The van der Waals surface area contributed by atoms with Crippen molar-refractivity contribution in [3.05, 3.63) is 71.8 Å². The first-order chi connectivity index (χ1) is 24.5. The summed E-state index contributed by atoms with van der Waals surface area (Å²) in [4.78, 5) is 65.3. The van der Waals surface area contributed by atoms with E-state index in [2.05, 4.69) is 16.0 Å². The van der Waals surface area contributed by atoms with E-state index in [9.17, 15) is 33.6 Å². The van der Waals surface area contributed by atoms with E-state index >= 15 is 0 Å². The molecule has 4 N–H and O–H groups in total. The van der Waals surface area contributed by atoms with Gasteiger partial charge in [0.25, 0.3) is 5.91 Å². The van der Waals surface area contributed by atoms with Gasteiger partial charge in [-0.05, 0) is 63.0 Å². The number of alkyl carbamates (subject to hydrolysis) is 1. The Kier molecular flexibility index (Phi) is 15.0. The summed E-state index contributed by atoms with van der Waals surface area (Å²) >= 11 is 0. The zero-order chi connectivity index (χ0) is 36.8. The van der Waals surface area contributed by atoms with Crippen LogP contribution < -0.4 is 16.0 Å². The van der Waals surface area contributed by atoms with Crippen molar-refractivity contribution < 1.29 is 47.4 Å². The summed E-state index contributed by atoms with van der Waals surface area (Å²) in [5, 5.41) is 17.9. The van der Waals surface area contributed by atoms with Crippen LogP contribution in [0.1, 0.15) is 69.4 Å². The molecule has 2 aromatic rings. The molecule has 2 aliphatic rings. The molecule has 1 saturated carbocycles. The lowest BCUT2D eigenvalue weighted by Crippen LogP contribution is -2.52. The summed E-state index contributed by atoms with van der Waals surface area (Å²) in [5.74, 6) is -4.08. The van der Waals surface area contributed by atoms with E-state index in [0.29, 0.717) is 31.2 Å². The maximum atomic E-state index is 14.4. The number of likely N-dealkylation sites (tertiary alicyclic amines) is 1. The highest BCUT2D eigenvalue weighted by molar-refractivity contribution is 7.54. The van der Waals surface area contributed by atoms with Crippen LogP contribution >= 0.6 is 7.60 Å². The Morgan fingerprint density at radius 1 is 0.922 bits per heavy atom. The molecule has 15 heteroatoms. The number of amides is 4. The summed E-state index contributed by atoms with van der Waals surface area (Å²) in [5.41, 5.74) is 1.56. The Morgan fingerprint density at radius 2 is 1.59 bits per heavy atom. The van der Waals surface area contributed by atoms with Gasteiger partial charge in [-0.2, -0.15) is 0 Å². The van der Waals surface area contributed by atoms with Crippen LogP contribution in [-0.2, 0) is 50.6 Å². The normalized spacial score (nSPS) is 18.7. The van der Waals surface area contributed by atoms with Gasteiger partial charge in [-0.15, -0.1) is 0 Å². The fourth-order valence-electron chi connectivity index (χ4n) is 6.04. The average molecular weight is 729 g/mol. The molecule has 1 saturated heterocycles. The van der Waals surface area contributed by atoms with E-state index in [1.54, 1.807) is 24.3 Å². The van der Waals surface area contributed by atoms with Crippen LogP contribution in [0.15, 0.2) is 60.7 Å². The third-order valence-corrected chi connectivity index (χ3v) is 11.4. The van der Waals surface area contributed by atoms with Crippen LogP contribution in [0.4, 0.5) is 4.79 Å². The zero-order valence-electron chi connectivity index (χ0n) is 29.2. The fraction of sp³-hybridized carbons (Fsp3) is 0.528. The second-order valence-electron chi connectivity index (χ2n) is 12.9. The number of nitrogens with one attached hydrogen (secondary N) is 3. The van der Waals surface area contributed by atoms with Crippen LogP contribution in [0.2, 0.25) is 0 Å². The fourth-order valence-corrected chi connectivity index (χ4v) is 7.78. The summed E-state index contributed by atoms with van der Waals surface area (Å²) in [6.45, 7) is 2.01. The number of carboxylic acid groups (broad SMARTS) is 1. The molecule has 1 heterocycles. The summed E-state index contributed by atoms with van der Waals surface area (Å²) in [7, 11) is -3.13. The van der Waals surface area contributed by atoms with Crippen molar-refractivity contribution in [3.8, 4) is 0 Å². The van der Waals surface area contributed by atoms with E-state index in [-0.39, 0.29) is 44.4 Å². The topological polar surface area (TPSA) is 190 Å². The highest BCUT2D eigenvalue weighted by Gasteiger charge is 2.43. The molecule has 4 amide bonds. The molecule has 278 valence electrons. The number of ether oxygens (including phenoxy) is 1. The molecule has 2 unspecified atom stereocenters. The standard InChI is InChI=1S/C36H49N4O10P/c1-25(34(43)40-22-12-20-30(40)35(44)45)50-51(47,48-2)31(23-26-13-5-3-6-14-26)39-33(42)29(38-32(41)28-17-11-18-28)19-9-10-21-37-36(46)49-24-27-15-7-4-8-16-27/h3-8,13-16,25,28-31H,9-12,17-24H2,1-2H3,(H,37,46)(H,38,41)(H,39,42)(H,44,45)/t25?,29-,30-,31-,51?/m0/s1. The third-order valence-electron chi connectivity index (χ3n) is 9.20. The predicted octanol–water partition coefficient (Wildman–Crippen LogP) is 4.37. The Labute approximate surface area is 298 Å². The molecule has 4 rings (SSSR count). The van der Waals surface area contributed by atoms with Crippen molar-refractivity contribution in [1.29, 1.82) is 0 Å². The van der Waals surface area contributed by atoms with Gasteiger partial charge in [-0.3, -0.25) is 23.5 Å². The minimum atomic E-state index is -4.29. The molecular formula is C36H49N4O10P. The van der Waals surface area contributed by atoms with Crippen molar-refractivity contribution in [2.24, 2.45) is 5.92 Å². The van der Waals surface area contributed by atoms with Crippen LogP contribution in [0.25, 0.3) is 0 Å². The van der Waals surface area contributed by atoms with Crippen molar-refractivity contribution in [3.63, 3.8) is 0 Å². The number of aliphatic carboxylic acids is 1. The Hall–Kier alpha value is -4.26. The van der Waals surface area contributed by atoms with Gasteiger partial charge in [0, 0.05) is 32.5 Å². The molecule has 14 nitrogen and oxygen atoms in total. The van der Waals surface area contributed by atoms with Gasteiger partial charge in [-0.1, -0.05) is 67.1 Å². The average Bonchev–Trinajstić information content (AvgIpc) is 3.60. The van der Waals surface area contributed by atoms with E-state index in [1.807, 2.05) is 36.4 Å². The van der Waals surface area contributed by atoms with Crippen LogP contribution in [0.5, 0.6) is 0 Å². The lowest BCUT2D eigenvalue weighted by molar-refractivity contribution is -0.151.